The summed E-state index contributed by atoms with van der Waals surface area (Å²) in [5.41, 5.74) is 0.876. The maximum atomic E-state index is 10.8. The number of hydrogen-bond acceptors (Lipinski definition) is 3. The Labute approximate surface area is 110 Å². The van der Waals surface area contributed by atoms with Gasteiger partial charge in [-0.05, 0) is 17.7 Å². The van der Waals surface area contributed by atoms with E-state index >= 15 is 0 Å². The lowest BCUT2D eigenvalue weighted by atomic mass is 10.2. The standard InChI is InChI=1S/C14H13NO2S/c16-11-15(17)14(12-7-3-1-4-8-12)18-13-9-5-2-6-10-13/h1-11,14,17H. The van der Waals surface area contributed by atoms with Gasteiger partial charge in [0, 0.05) is 4.90 Å². The van der Waals surface area contributed by atoms with Crippen molar-refractivity contribution in [2.45, 2.75) is 10.3 Å². The third kappa shape index (κ3) is 3.12. The molecule has 2 aromatic rings. The Morgan fingerprint density at radius 2 is 1.56 bits per heavy atom. The van der Waals surface area contributed by atoms with Crippen molar-refractivity contribution in [2.24, 2.45) is 0 Å². The van der Waals surface area contributed by atoms with Crippen molar-refractivity contribution in [3.63, 3.8) is 0 Å². The second-order valence-electron chi connectivity index (χ2n) is 3.68. The number of carbonyl (C=O) groups is 1. The van der Waals surface area contributed by atoms with Crippen molar-refractivity contribution in [1.82, 2.24) is 5.06 Å². The number of rotatable bonds is 5. The van der Waals surface area contributed by atoms with Gasteiger partial charge in [-0.2, -0.15) is 0 Å². The molecule has 0 aromatic heterocycles. The largest absolute Gasteiger partial charge is 0.285 e. The van der Waals surface area contributed by atoms with Crippen molar-refractivity contribution in [2.75, 3.05) is 0 Å². The van der Waals surface area contributed by atoms with E-state index in [2.05, 4.69) is 0 Å². The molecule has 18 heavy (non-hydrogen) atoms. The van der Waals surface area contributed by atoms with Crippen LogP contribution in [0.1, 0.15) is 10.9 Å². The maximum absolute atomic E-state index is 10.8. The smallest absolute Gasteiger partial charge is 0.234 e. The highest BCUT2D eigenvalue weighted by Crippen LogP contribution is 2.36. The normalized spacial score (nSPS) is 11.8. The zero-order valence-electron chi connectivity index (χ0n) is 9.64. The molecule has 2 aromatic carbocycles. The summed E-state index contributed by atoms with van der Waals surface area (Å²) in [6.07, 6.45) is 0.424. The lowest BCUT2D eigenvalue weighted by molar-refractivity contribution is -0.153. The van der Waals surface area contributed by atoms with Crippen LogP contribution in [0.25, 0.3) is 0 Å². The number of thioether (sulfide) groups is 1. The molecule has 0 saturated heterocycles. The van der Waals surface area contributed by atoms with E-state index in [0.717, 1.165) is 10.5 Å². The van der Waals surface area contributed by atoms with Crippen LogP contribution in [-0.4, -0.2) is 16.7 Å². The summed E-state index contributed by atoms with van der Waals surface area (Å²) >= 11 is 1.42. The first-order valence-corrected chi connectivity index (χ1v) is 6.38. The average molecular weight is 259 g/mol. The van der Waals surface area contributed by atoms with E-state index in [-0.39, 0.29) is 0 Å². The molecule has 0 radical (unpaired) electrons. The van der Waals surface area contributed by atoms with Crippen LogP contribution >= 0.6 is 11.8 Å². The summed E-state index contributed by atoms with van der Waals surface area (Å²) in [6, 6.07) is 19.1. The molecule has 1 atom stereocenters. The molecule has 1 amide bonds. The van der Waals surface area contributed by atoms with Gasteiger partial charge in [0.2, 0.25) is 6.41 Å². The number of benzene rings is 2. The summed E-state index contributed by atoms with van der Waals surface area (Å²) in [6.45, 7) is 0. The van der Waals surface area contributed by atoms with Gasteiger partial charge in [0.1, 0.15) is 5.37 Å². The van der Waals surface area contributed by atoms with Crippen LogP contribution in [0, 0.1) is 0 Å². The molecule has 0 saturated carbocycles. The van der Waals surface area contributed by atoms with E-state index in [1.807, 2.05) is 60.7 Å². The number of carbonyl (C=O) groups excluding carboxylic acids is 1. The molecule has 1 N–H and O–H groups in total. The summed E-state index contributed by atoms with van der Waals surface area (Å²) in [5.74, 6) is 0. The molecule has 3 nitrogen and oxygen atoms in total. The molecule has 0 aliphatic carbocycles. The van der Waals surface area contributed by atoms with Gasteiger partial charge in [-0.3, -0.25) is 10.0 Å². The van der Waals surface area contributed by atoms with E-state index in [4.69, 9.17) is 0 Å². The minimum absolute atomic E-state index is 0.424. The van der Waals surface area contributed by atoms with E-state index < -0.39 is 5.37 Å². The molecule has 0 aliphatic heterocycles. The predicted octanol–water partition coefficient (Wildman–Crippen LogP) is 3.33. The highest BCUT2D eigenvalue weighted by Gasteiger charge is 2.18. The monoisotopic (exact) mass is 259 g/mol. The Kier molecular flexibility index (Phi) is 4.39. The van der Waals surface area contributed by atoms with Crippen molar-refractivity contribution < 1.29 is 10.0 Å². The van der Waals surface area contributed by atoms with Crippen LogP contribution in [-0.2, 0) is 4.79 Å². The van der Waals surface area contributed by atoms with Crippen molar-refractivity contribution >= 4 is 18.2 Å². The van der Waals surface area contributed by atoms with E-state index in [9.17, 15) is 10.0 Å². The van der Waals surface area contributed by atoms with E-state index in [0.29, 0.717) is 11.5 Å². The molecule has 0 heterocycles. The Balaban J connectivity index is 2.24. The van der Waals surface area contributed by atoms with Gasteiger partial charge < -0.3 is 0 Å². The molecule has 4 heteroatoms. The van der Waals surface area contributed by atoms with Crippen LogP contribution in [0.4, 0.5) is 0 Å². The van der Waals surface area contributed by atoms with Crippen molar-refractivity contribution in [3.8, 4) is 0 Å². The quantitative estimate of drug-likeness (QED) is 0.294. The molecule has 0 spiro atoms. The Hall–Kier alpha value is -1.78. The lowest BCUT2D eigenvalue weighted by Crippen LogP contribution is -2.21. The van der Waals surface area contributed by atoms with Crippen molar-refractivity contribution in [3.05, 3.63) is 66.2 Å². The van der Waals surface area contributed by atoms with Gasteiger partial charge in [0.05, 0.1) is 0 Å². The van der Waals surface area contributed by atoms with Crippen molar-refractivity contribution in [1.29, 1.82) is 0 Å². The van der Waals surface area contributed by atoms with Gasteiger partial charge in [-0.15, -0.1) is 0 Å². The third-order valence-electron chi connectivity index (χ3n) is 2.42. The van der Waals surface area contributed by atoms with Gasteiger partial charge in [-0.25, -0.2) is 5.06 Å². The summed E-state index contributed by atoms with van der Waals surface area (Å²) in [5, 5.41) is 9.93. The highest BCUT2D eigenvalue weighted by atomic mass is 32.2. The van der Waals surface area contributed by atoms with Gasteiger partial charge >= 0.3 is 0 Å². The van der Waals surface area contributed by atoms with E-state index in [1.54, 1.807) is 0 Å². The number of nitrogens with zero attached hydrogens (tertiary/aromatic N) is 1. The molecular weight excluding hydrogens is 246 g/mol. The molecule has 1 unspecified atom stereocenters. The summed E-state index contributed by atoms with van der Waals surface area (Å²) < 4.78 is 0. The SMILES string of the molecule is O=CN(O)C(Sc1ccccc1)c1ccccc1. The highest BCUT2D eigenvalue weighted by molar-refractivity contribution is 7.99. The van der Waals surface area contributed by atoms with Gasteiger partial charge in [0.15, 0.2) is 0 Å². The Bertz CT molecular complexity index is 490. The van der Waals surface area contributed by atoms with Crippen LogP contribution in [0.2, 0.25) is 0 Å². The zero-order chi connectivity index (χ0) is 12.8. The minimum Gasteiger partial charge on any atom is -0.285 e. The second-order valence-corrected chi connectivity index (χ2v) is 4.83. The third-order valence-corrected chi connectivity index (χ3v) is 3.68. The fourth-order valence-electron chi connectivity index (χ4n) is 1.58. The average Bonchev–Trinajstić information content (AvgIpc) is 2.46. The van der Waals surface area contributed by atoms with E-state index in [1.165, 1.54) is 11.8 Å². The zero-order valence-corrected chi connectivity index (χ0v) is 10.5. The Morgan fingerprint density at radius 1 is 1.00 bits per heavy atom. The summed E-state index contributed by atoms with van der Waals surface area (Å²) in [4.78, 5) is 11.8. The molecular formula is C14H13NO2S. The molecule has 0 aliphatic rings. The van der Waals surface area contributed by atoms with Crippen LogP contribution in [0.3, 0.4) is 0 Å². The number of hydrogen-bond donors (Lipinski definition) is 1. The summed E-state index contributed by atoms with van der Waals surface area (Å²) in [7, 11) is 0. The molecule has 92 valence electrons. The Morgan fingerprint density at radius 3 is 2.11 bits per heavy atom. The fourth-order valence-corrected chi connectivity index (χ4v) is 2.60. The fraction of sp³-hybridized carbons (Fsp3) is 0.0714. The first kappa shape index (κ1) is 12.7. The lowest BCUT2D eigenvalue weighted by Gasteiger charge is -2.22. The molecule has 0 bridgehead atoms. The van der Waals surface area contributed by atoms with Gasteiger partial charge in [-0.1, -0.05) is 60.3 Å². The van der Waals surface area contributed by atoms with Crippen LogP contribution in [0.5, 0.6) is 0 Å². The minimum atomic E-state index is -0.439. The second kappa shape index (κ2) is 6.23. The first-order chi connectivity index (χ1) is 8.81. The number of amides is 1. The van der Waals surface area contributed by atoms with Crippen LogP contribution < -0.4 is 0 Å². The molecule has 0 fully saturated rings. The first-order valence-electron chi connectivity index (χ1n) is 5.50. The number of hydroxylamine groups is 2. The predicted molar refractivity (Wildman–Crippen MR) is 71.2 cm³/mol. The maximum Gasteiger partial charge on any atom is 0.234 e. The van der Waals surface area contributed by atoms with Crippen LogP contribution in [0.15, 0.2) is 65.6 Å². The van der Waals surface area contributed by atoms with Gasteiger partial charge in [0.25, 0.3) is 0 Å². The topological polar surface area (TPSA) is 40.5 Å². The molecule has 2 rings (SSSR count).